The standard InChI is InChI=1S/C53H37N5/c1-34-29-35(2)55-50(54-34)41-27-25-37(26-28-41)36-21-23-38(24-22-36)44-31-45(49-47-19-11-9-17-42(47)30-43-18-10-12-20-48(43)49)33-46(32-44)53-57-51(39-13-5-3-6-14-39)56-52(58-53)40-15-7-4-8-16-40/h3-33H,1-2H3. The highest BCUT2D eigenvalue weighted by molar-refractivity contribution is 6.13. The summed E-state index contributed by atoms with van der Waals surface area (Å²) in [7, 11) is 0. The fraction of sp³-hybridized carbons (Fsp3) is 0.0377. The number of nitrogens with zero attached hydrogens (tertiary/aromatic N) is 5. The van der Waals surface area contributed by atoms with Gasteiger partial charge < -0.3 is 0 Å². The van der Waals surface area contributed by atoms with Crippen LogP contribution in [-0.2, 0) is 0 Å². The van der Waals surface area contributed by atoms with Crippen LogP contribution in [0.3, 0.4) is 0 Å². The molecule has 8 aromatic carbocycles. The van der Waals surface area contributed by atoms with E-state index < -0.39 is 0 Å². The van der Waals surface area contributed by atoms with E-state index in [1.54, 1.807) is 0 Å². The van der Waals surface area contributed by atoms with Gasteiger partial charge in [-0.1, -0.05) is 158 Å². The number of hydrogen-bond acceptors (Lipinski definition) is 5. The van der Waals surface area contributed by atoms with Gasteiger partial charge in [0.1, 0.15) is 0 Å². The molecular weight excluding hydrogens is 707 g/mol. The van der Waals surface area contributed by atoms with Crippen LogP contribution in [0.2, 0.25) is 0 Å². The van der Waals surface area contributed by atoms with Crippen LogP contribution in [0.5, 0.6) is 0 Å². The summed E-state index contributed by atoms with van der Waals surface area (Å²) < 4.78 is 0. The van der Waals surface area contributed by atoms with Gasteiger partial charge >= 0.3 is 0 Å². The molecule has 5 heteroatoms. The maximum absolute atomic E-state index is 5.15. The molecule has 0 aliphatic heterocycles. The predicted molar refractivity (Wildman–Crippen MR) is 238 cm³/mol. The van der Waals surface area contributed by atoms with Gasteiger partial charge in [-0.25, -0.2) is 24.9 Å². The Morgan fingerprint density at radius 3 is 1.14 bits per heavy atom. The van der Waals surface area contributed by atoms with Gasteiger partial charge in [0.25, 0.3) is 0 Å². The van der Waals surface area contributed by atoms with Crippen molar-refractivity contribution in [2.45, 2.75) is 13.8 Å². The lowest BCUT2D eigenvalue weighted by molar-refractivity contribution is 1.06. The number of benzene rings is 8. The Labute approximate surface area is 337 Å². The van der Waals surface area contributed by atoms with Crippen molar-refractivity contribution in [1.29, 1.82) is 0 Å². The lowest BCUT2D eigenvalue weighted by Gasteiger charge is -2.16. The average molecular weight is 744 g/mol. The summed E-state index contributed by atoms with van der Waals surface area (Å²) >= 11 is 0. The predicted octanol–water partition coefficient (Wildman–Crippen LogP) is 13.3. The smallest absolute Gasteiger partial charge is 0.164 e. The third-order valence-corrected chi connectivity index (χ3v) is 10.6. The molecule has 0 N–H and O–H groups in total. The maximum Gasteiger partial charge on any atom is 0.164 e. The first-order valence-corrected chi connectivity index (χ1v) is 19.5. The summed E-state index contributed by atoms with van der Waals surface area (Å²) in [5, 5.41) is 4.78. The Morgan fingerprint density at radius 1 is 0.259 bits per heavy atom. The quantitative estimate of drug-likeness (QED) is 0.152. The molecule has 0 fully saturated rings. The third-order valence-electron chi connectivity index (χ3n) is 10.6. The van der Waals surface area contributed by atoms with Crippen LogP contribution in [0.4, 0.5) is 0 Å². The fourth-order valence-corrected chi connectivity index (χ4v) is 7.85. The molecule has 0 atom stereocenters. The second-order valence-corrected chi connectivity index (χ2v) is 14.7. The molecule has 0 aliphatic rings. The van der Waals surface area contributed by atoms with Gasteiger partial charge in [0.15, 0.2) is 23.3 Å². The minimum atomic E-state index is 0.616. The highest BCUT2D eigenvalue weighted by Gasteiger charge is 2.17. The second-order valence-electron chi connectivity index (χ2n) is 14.7. The molecule has 58 heavy (non-hydrogen) atoms. The van der Waals surface area contributed by atoms with Crippen molar-refractivity contribution < 1.29 is 0 Å². The van der Waals surface area contributed by atoms with Crippen molar-refractivity contribution in [1.82, 2.24) is 24.9 Å². The average Bonchev–Trinajstić information content (AvgIpc) is 3.28. The van der Waals surface area contributed by atoms with Crippen molar-refractivity contribution >= 4 is 21.5 Å². The van der Waals surface area contributed by atoms with E-state index in [4.69, 9.17) is 15.0 Å². The molecule has 0 amide bonds. The van der Waals surface area contributed by atoms with Crippen LogP contribution >= 0.6 is 0 Å². The first kappa shape index (κ1) is 34.8. The van der Waals surface area contributed by atoms with Gasteiger partial charge in [0.2, 0.25) is 0 Å². The van der Waals surface area contributed by atoms with Gasteiger partial charge in [-0.15, -0.1) is 0 Å². The van der Waals surface area contributed by atoms with Crippen LogP contribution in [0.25, 0.3) is 100 Å². The summed E-state index contributed by atoms with van der Waals surface area (Å²) in [6, 6.07) is 65.9. The minimum absolute atomic E-state index is 0.616. The first-order chi connectivity index (χ1) is 28.5. The van der Waals surface area contributed by atoms with Crippen molar-refractivity contribution in [2.24, 2.45) is 0 Å². The molecule has 0 spiro atoms. The van der Waals surface area contributed by atoms with Crippen LogP contribution in [0.1, 0.15) is 11.4 Å². The minimum Gasteiger partial charge on any atom is -0.233 e. The van der Waals surface area contributed by atoms with E-state index in [2.05, 4.69) is 131 Å². The first-order valence-electron chi connectivity index (χ1n) is 19.5. The topological polar surface area (TPSA) is 64.5 Å². The van der Waals surface area contributed by atoms with E-state index in [0.29, 0.717) is 17.5 Å². The molecule has 0 aliphatic carbocycles. The number of rotatable bonds is 7. The molecule has 274 valence electrons. The largest absolute Gasteiger partial charge is 0.233 e. The van der Waals surface area contributed by atoms with Gasteiger partial charge in [-0.2, -0.15) is 0 Å². The zero-order valence-electron chi connectivity index (χ0n) is 32.1. The zero-order valence-corrected chi connectivity index (χ0v) is 32.1. The molecule has 0 unspecified atom stereocenters. The van der Waals surface area contributed by atoms with E-state index in [9.17, 15) is 0 Å². The Balaban J connectivity index is 1.14. The highest BCUT2D eigenvalue weighted by atomic mass is 15.0. The van der Waals surface area contributed by atoms with Crippen LogP contribution < -0.4 is 0 Å². The van der Waals surface area contributed by atoms with E-state index in [-0.39, 0.29) is 0 Å². The third kappa shape index (κ3) is 6.80. The second kappa shape index (κ2) is 14.8. The summed E-state index contributed by atoms with van der Waals surface area (Å²) in [6.45, 7) is 4.01. The van der Waals surface area contributed by atoms with Crippen LogP contribution in [0.15, 0.2) is 188 Å². The molecule has 2 heterocycles. The van der Waals surface area contributed by atoms with Gasteiger partial charge in [0, 0.05) is 33.6 Å². The molecule has 0 bridgehead atoms. The number of hydrogen-bond donors (Lipinski definition) is 0. The monoisotopic (exact) mass is 743 g/mol. The molecule has 0 saturated carbocycles. The van der Waals surface area contributed by atoms with Crippen molar-refractivity contribution in [3.8, 4) is 78.9 Å². The van der Waals surface area contributed by atoms with E-state index in [1.165, 1.54) is 27.1 Å². The normalized spacial score (nSPS) is 11.3. The van der Waals surface area contributed by atoms with E-state index in [1.807, 2.05) is 80.6 Å². The molecule has 0 radical (unpaired) electrons. The number of aryl methyl sites for hydroxylation is 2. The lowest BCUT2D eigenvalue weighted by atomic mass is 9.89. The van der Waals surface area contributed by atoms with Gasteiger partial charge in [-0.3, -0.25) is 0 Å². The van der Waals surface area contributed by atoms with Crippen LogP contribution in [-0.4, -0.2) is 24.9 Å². The molecule has 5 nitrogen and oxygen atoms in total. The van der Waals surface area contributed by atoms with E-state index in [0.717, 1.165) is 67.3 Å². The SMILES string of the molecule is Cc1cc(C)nc(-c2ccc(-c3ccc(-c4cc(-c5nc(-c6ccccc6)nc(-c6ccccc6)n5)cc(-c5c6ccccc6cc6ccccc56)c4)cc3)cc2)n1. The summed E-state index contributed by atoms with van der Waals surface area (Å²) in [5.41, 5.74) is 12.4. The summed E-state index contributed by atoms with van der Waals surface area (Å²) in [5.74, 6) is 2.63. The Hall–Kier alpha value is -7.63. The maximum atomic E-state index is 5.15. The lowest BCUT2D eigenvalue weighted by Crippen LogP contribution is -2.00. The summed E-state index contributed by atoms with van der Waals surface area (Å²) in [4.78, 5) is 24.6. The van der Waals surface area contributed by atoms with Crippen molar-refractivity contribution in [3.05, 3.63) is 199 Å². The van der Waals surface area contributed by atoms with Crippen molar-refractivity contribution in [2.75, 3.05) is 0 Å². The Kier molecular flexibility index (Phi) is 8.88. The highest BCUT2D eigenvalue weighted by Crippen LogP contribution is 2.40. The molecule has 10 aromatic rings. The summed E-state index contributed by atoms with van der Waals surface area (Å²) in [6.07, 6.45) is 0. The van der Waals surface area contributed by atoms with Gasteiger partial charge in [-0.05, 0) is 99.1 Å². The zero-order chi connectivity index (χ0) is 39.0. The Bertz CT molecular complexity index is 2970. The molecule has 0 saturated heterocycles. The molecule has 2 aromatic heterocycles. The molecular formula is C53H37N5. The number of fused-ring (bicyclic) bond motifs is 2. The van der Waals surface area contributed by atoms with E-state index >= 15 is 0 Å². The fourth-order valence-electron chi connectivity index (χ4n) is 7.85. The van der Waals surface area contributed by atoms with Crippen molar-refractivity contribution in [3.63, 3.8) is 0 Å². The Morgan fingerprint density at radius 2 is 0.621 bits per heavy atom. The molecule has 10 rings (SSSR count). The van der Waals surface area contributed by atoms with Gasteiger partial charge in [0.05, 0.1) is 0 Å². The number of aromatic nitrogens is 5. The van der Waals surface area contributed by atoms with Crippen LogP contribution in [0, 0.1) is 13.8 Å².